The van der Waals surface area contributed by atoms with Crippen LogP contribution in [0.15, 0.2) is 53.9 Å². The zero-order valence-corrected chi connectivity index (χ0v) is 23.5. The average Bonchev–Trinajstić information content (AvgIpc) is 3.55. The SMILES string of the molecule is C=CCN1CC[C@]23c4c5ccc(O)c4O[C@H]2[C@H](N(CC(C)C)C(=O)/C=C/c2ccoc2)CC[C@@]3(OC(C)=O)[C@H]1C5. The number of esters is 1. The summed E-state index contributed by atoms with van der Waals surface area (Å²) in [6.07, 6.45) is 10.6. The fraction of sp³-hybridized carbons (Fsp3) is 0.500. The van der Waals surface area contributed by atoms with Crippen LogP contribution in [0.3, 0.4) is 0 Å². The largest absolute Gasteiger partial charge is 0.504 e. The molecule has 1 aromatic heterocycles. The van der Waals surface area contributed by atoms with Gasteiger partial charge in [-0.3, -0.25) is 14.5 Å². The smallest absolute Gasteiger partial charge is 0.303 e. The van der Waals surface area contributed by atoms with E-state index in [4.69, 9.17) is 13.9 Å². The minimum Gasteiger partial charge on any atom is -0.504 e. The quantitative estimate of drug-likeness (QED) is 0.297. The minimum atomic E-state index is -0.841. The molecule has 2 aromatic rings. The molecule has 212 valence electrons. The summed E-state index contributed by atoms with van der Waals surface area (Å²) >= 11 is 0. The van der Waals surface area contributed by atoms with E-state index in [9.17, 15) is 14.7 Å². The Morgan fingerprint density at radius 2 is 2.12 bits per heavy atom. The van der Waals surface area contributed by atoms with E-state index in [0.29, 0.717) is 44.5 Å². The number of nitrogens with zero attached hydrogens (tertiary/aromatic N) is 2. The number of hydrogen-bond donors (Lipinski definition) is 1. The van der Waals surface area contributed by atoms with E-state index >= 15 is 0 Å². The number of piperidine rings is 1. The van der Waals surface area contributed by atoms with Gasteiger partial charge in [-0.15, -0.1) is 6.58 Å². The molecule has 2 bridgehead atoms. The number of amides is 1. The number of carbonyl (C=O) groups is 2. The molecule has 1 amide bonds. The summed E-state index contributed by atoms with van der Waals surface area (Å²) in [4.78, 5) is 30.9. The summed E-state index contributed by atoms with van der Waals surface area (Å²) in [6, 6.07) is 5.17. The summed E-state index contributed by atoms with van der Waals surface area (Å²) in [5.74, 6) is 0.373. The molecule has 8 heteroatoms. The number of carbonyl (C=O) groups excluding carboxylic acids is 2. The van der Waals surface area contributed by atoms with Crippen molar-refractivity contribution in [3.05, 3.63) is 66.1 Å². The summed E-state index contributed by atoms with van der Waals surface area (Å²) in [5.41, 5.74) is 1.36. The van der Waals surface area contributed by atoms with Crippen molar-refractivity contribution >= 4 is 18.0 Å². The van der Waals surface area contributed by atoms with Gasteiger partial charge in [-0.2, -0.15) is 0 Å². The molecule has 1 spiro atoms. The Morgan fingerprint density at radius 3 is 2.83 bits per heavy atom. The van der Waals surface area contributed by atoms with Crippen molar-refractivity contribution in [3.63, 3.8) is 0 Å². The minimum absolute atomic E-state index is 0.0616. The molecule has 2 fully saturated rings. The molecule has 8 nitrogen and oxygen atoms in total. The van der Waals surface area contributed by atoms with Crippen LogP contribution in [0.1, 0.15) is 56.7 Å². The van der Waals surface area contributed by atoms with Gasteiger partial charge in [-0.1, -0.05) is 26.0 Å². The van der Waals surface area contributed by atoms with Gasteiger partial charge in [0.05, 0.1) is 30.0 Å². The van der Waals surface area contributed by atoms with Gasteiger partial charge in [0, 0.05) is 43.8 Å². The molecule has 5 atom stereocenters. The van der Waals surface area contributed by atoms with Crippen LogP contribution in [0.25, 0.3) is 6.08 Å². The standard InChI is InChI=1S/C32H38N2O6/c1-5-14-33-15-13-31-28-23-7-8-25(36)29(28)39-30(31)24(10-12-32(31,26(33)17-23)40-21(4)35)34(18-20(2)3)27(37)9-6-22-11-16-38-19-22/h5-9,11,16,19-20,24,26,30,36H,1,10,12-15,17-18H2,2-4H3/b9-6+/t24-,26-,30+,31+,32-/m1/s1. The van der Waals surface area contributed by atoms with Crippen molar-refractivity contribution in [1.29, 1.82) is 0 Å². The van der Waals surface area contributed by atoms with Crippen LogP contribution in [0.2, 0.25) is 0 Å². The van der Waals surface area contributed by atoms with Crippen molar-refractivity contribution in [3.8, 4) is 11.5 Å². The molecule has 1 saturated carbocycles. The fourth-order valence-electron chi connectivity index (χ4n) is 8.16. The van der Waals surface area contributed by atoms with Crippen LogP contribution in [-0.2, 0) is 26.2 Å². The Kier molecular flexibility index (Phi) is 6.56. The van der Waals surface area contributed by atoms with Crippen LogP contribution in [0.5, 0.6) is 11.5 Å². The topological polar surface area (TPSA) is 92.5 Å². The second-order valence-electron chi connectivity index (χ2n) is 12.1. The molecule has 2 aliphatic heterocycles. The summed E-state index contributed by atoms with van der Waals surface area (Å²) in [5, 5.41) is 11.0. The number of phenols is 1. The van der Waals surface area contributed by atoms with Crippen LogP contribution >= 0.6 is 0 Å². The predicted octanol–water partition coefficient (Wildman–Crippen LogP) is 4.46. The van der Waals surface area contributed by atoms with E-state index in [-0.39, 0.29) is 35.6 Å². The first-order valence-corrected chi connectivity index (χ1v) is 14.3. The third kappa shape index (κ3) is 3.83. The van der Waals surface area contributed by atoms with Gasteiger partial charge < -0.3 is 23.9 Å². The van der Waals surface area contributed by atoms with Gasteiger partial charge in [-0.05, 0) is 55.4 Å². The number of likely N-dealkylation sites (tertiary alicyclic amines) is 1. The Bertz CT molecular complexity index is 1350. The number of hydrogen-bond acceptors (Lipinski definition) is 7. The number of benzene rings is 1. The van der Waals surface area contributed by atoms with E-state index < -0.39 is 17.1 Å². The first kappa shape index (κ1) is 26.7. The molecule has 1 N–H and O–H groups in total. The van der Waals surface area contributed by atoms with Crippen LogP contribution in [-0.4, -0.2) is 70.2 Å². The van der Waals surface area contributed by atoms with Crippen molar-refractivity contribution in [2.45, 2.75) is 75.7 Å². The number of furan rings is 1. The lowest BCUT2D eigenvalue weighted by atomic mass is 9.48. The Morgan fingerprint density at radius 1 is 1.30 bits per heavy atom. The van der Waals surface area contributed by atoms with Crippen LogP contribution in [0.4, 0.5) is 0 Å². The zero-order chi connectivity index (χ0) is 28.2. The zero-order valence-electron chi connectivity index (χ0n) is 23.5. The highest BCUT2D eigenvalue weighted by Gasteiger charge is 2.75. The van der Waals surface area contributed by atoms with Gasteiger partial charge in [0.1, 0.15) is 11.7 Å². The van der Waals surface area contributed by atoms with E-state index in [1.54, 1.807) is 30.7 Å². The highest BCUT2D eigenvalue weighted by molar-refractivity contribution is 5.92. The molecule has 6 rings (SSSR count). The maximum Gasteiger partial charge on any atom is 0.303 e. The van der Waals surface area contributed by atoms with Gasteiger partial charge in [0.15, 0.2) is 11.5 Å². The van der Waals surface area contributed by atoms with Crippen molar-refractivity contribution < 1.29 is 28.6 Å². The molecule has 40 heavy (non-hydrogen) atoms. The average molecular weight is 547 g/mol. The lowest BCUT2D eigenvalue weighted by Crippen LogP contribution is -2.79. The highest BCUT2D eigenvalue weighted by atomic mass is 16.6. The number of aromatic hydroxyl groups is 1. The molecular weight excluding hydrogens is 508 g/mol. The van der Waals surface area contributed by atoms with Crippen molar-refractivity contribution in [2.75, 3.05) is 19.6 Å². The Balaban J connectivity index is 1.49. The van der Waals surface area contributed by atoms with Crippen molar-refractivity contribution in [2.24, 2.45) is 5.92 Å². The monoisotopic (exact) mass is 546 g/mol. The van der Waals surface area contributed by atoms with Gasteiger partial charge in [0.2, 0.25) is 5.91 Å². The lowest BCUT2D eigenvalue weighted by molar-refractivity contribution is -0.223. The summed E-state index contributed by atoms with van der Waals surface area (Å²) in [6.45, 7) is 11.7. The van der Waals surface area contributed by atoms with E-state index in [0.717, 1.165) is 23.2 Å². The maximum absolute atomic E-state index is 13.8. The first-order valence-electron chi connectivity index (χ1n) is 14.3. The number of rotatable bonds is 8. The maximum atomic E-state index is 13.8. The predicted molar refractivity (Wildman–Crippen MR) is 150 cm³/mol. The molecule has 0 radical (unpaired) electrons. The fourth-order valence-corrected chi connectivity index (χ4v) is 8.16. The molecule has 3 heterocycles. The second-order valence-corrected chi connectivity index (χ2v) is 12.1. The van der Waals surface area contributed by atoms with Crippen LogP contribution < -0.4 is 4.74 Å². The second kappa shape index (κ2) is 9.84. The van der Waals surface area contributed by atoms with E-state index in [1.807, 2.05) is 23.1 Å². The Hall–Kier alpha value is -3.52. The van der Waals surface area contributed by atoms with E-state index in [2.05, 4.69) is 25.3 Å². The molecule has 2 aliphatic carbocycles. The molecule has 4 aliphatic rings. The molecular formula is C32H38N2O6. The summed E-state index contributed by atoms with van der Waals surface area (Å²) in [7, 11) is 0. The third-order valence-corrected chi connectivity index (χ3v) is 9.40. The number of phenolic OH excluding ortho intramolecular Hbond substituents is 1. The normalized spacial score (nSPS) is 30.1. The third-order valence-electron chi connectivity index (χ3n) is 9.40. The van der Waals surface area contributed by atoms with Gasteiger partial charge in [0.25, 0.3) is 0 Å². The van der Waals surface area contributed by atoms with E-state index in [1.165, 1.54) is 6.92 Å². The lowest BCUT2D eigenvalue weighted by Gasteiger charge is -2.65. The van der Waals surface area contributed by atoms with Gasteiger partial charge >= 0.3 is 5.97 Å². The molecule has 0 unspecified atom stereocenters. The Labute approximate surface area is 235 Å². The highest BCUT2D eigenvalue weighted by Crippen LogP contribution is 2.67. The van der Waals surface area contributed by atoms with Crippen LogP contribution in [0, 0.1) is 5.92 Å². The molecule has 1 saturated heterocycles. The first-order chi connectivity index (χ1) is 19.2. The number of ether oxygens (including phenoxy) is 2. The van der Waals surface area contributed by atoms with Gasteiger partial charge in [-0.25, -0.2) is 0 Å². The molecule has 1 aromatic carbocycles. The summed E-state index contributed by atoms with van der Waals surface area (Å²) < 4.78 is 18.4. The van der Waals surface area contributed by atoms with Crippen molar-refractivity contribution in [1.82, 2.24) is 9.80 Å².